The van der Waals surface area contributed by atoms with Gasteiger partial charge in [-0.3, -0.25) is 4.98 Å². The first kappa shape index (κ1) is 12.8. The molecule has 0 aliphatic rings. The summed E-state index contributed by atoms with van der Waals surface area (Å²) >= 11 is 3.05. The summed E-state index contributed by atoms with van der Waals surface area (Å²) in [5, 5.41) is 0. The quantitative estimate of drug-likeness (QED) is 0.804. The van der Waals surface area contributed by atoms with Gasteiger partial charge in [-0.05, 0) is 15.9 Å². The van der Waals surface area contributed by atoms with Gasteiger partial charge in [0.15, 0.2) is 5.75 Å². The average molecular weight is 296 g/mol. The average Bonchev–Trinajstić information content (AvgIpc) is 2.27. The molecule has 1 rings (SSSR count). The summed E-state index contributed by atoms with van der Waals surface area (Å²) in [5.74, 6) is -0.932. The first-order valence-corrected chi connectivity index (χ1v) is 4.91. The molecule has 0 fully saturated rings. The molecule has 0 bridgehead atoms. The fraction of sp³-hybridized carbons (Fsp3) is 0.333. The van der Waals surface area contributed by atoms with Crippen molar-refractivity contribution in [3.63, 3.8) is 0 Å². The molecule has 0 aromatic carbocycles. The SMILES string of the molecule is COC(=O)c1c(C(F)F)ncc(Br)c1OC. The third kappa shape index (κ3) is 2.29. The van der Waals surface area contributed by atoms with Crippen molar-refractivity contribution in [2.75, 3.05) is 14.2 Å². The van der Waals surface area contributed by atoms with E-state index < -0.39 is 18.1 Å². The highest BCUT2D eigenvalue weighted by atomic mass is 79.9. The number of methoxy groups -OCH3 is 2. The van der Waals surface area contributed by atoms with Gasteiger partial charge in [0.05, 0.1) is 18.7 Å². The molecule has 0 radical (unpaired) electrons. The van der Waals surface area contributed by atoms with Crippen LogP contribution in [-0.4, -0.2) is 25.2 Å². The number of ether oxygens (including phenoxy) is 2. The molecule has 88 valence electrons. The van der Waals surface area contributed by atoms with Gasteiger partial charge < -0.3 is 9.47 Å². The molecule has 0 spiro atoms. The Bertz CT molecular complexity index is 412. The summed E-state index contributed by atoms with van der Waals surface area (Å²) in [7, 11) is 2.36. The van der Waals surface area contributed by atoms with Crippen molar-refractivity contribution in [3.8, 4) is 5.75 Å². The predicted molar refractivity (Wildman–Crippen MR) is 54.8 cm³/mol. The first-order chi connectivity index (χ1) is 7.52. The van der Waals surface area contributed by atoms with Crippen molar-refractivity contribution in [1.29, 1.82) is 0 Å². The number of carbonyl (C=O) groups excluding carboxylic acids is 1. The van der Waals surface area contributed by atoms with Crippen LogP contribution in [0.15, 0.2) is 10.7 Å². The summed E-state index contributed by atoms with van der Waals surface area (Å²) in [6, 6.07) is 0. The van der Waals surface area contributed by atoms with E-state index in [0.29, 0.717) is 4.47 Å². The van der Waals surface area contributed by atoms with Crippen molar-refractivity contribution in [2.45, 2.75) is 6.43 Å². The van der Waals surface area contributed by atoms with E-state index in [1.54, 1.807) is 0 Å². The van der Waals surface area contributed by atoms with Crippen LogP contribution >= 0.6 is 15.9 Å². The standard InChI is InChI=1S/C9H8BrF2NO3/c1-15-7-4(10)3-13-6(8(11)12)5(7)9(14)16-2/h3,8H,1-2H3. The second kappa shape index (κ2) is 5.20. The largest absolute Gasteiger partial charge is 0.495 e. The lowest BCUT2D eigenvalue weighted by Gasteiger charge is -2.12. The van der Waals surface area contributed by atoms with Crippen LogP contribution in [0.3, 0.4) is 0 Å². The highest BCUT2D eigenvalue weighted by Crippen LogP contribution is 2.34. The maximum Gasteiger partial charge on any atom is 0.343 e. The van der Waals surface area contributed by atoms with Crippen LogP contribution in [-0.2, 0) is 4.74 Å². The van der Waals surface area contributed by atoms with Crippen LogP contribution in [0.1, 0.15) is 22.5 Å². The Kier molecular flexibility index (Phi) is 4.17. The van der Waals surface area contributed by atoms with Crippen LogP contribution in [0.2, 0.25) is 0 Å². The van der Waals surface area contributed by atoms with E-state index in [2.05, 4.69) is 25.7 Å². The Balaban J connectivity index is 3.47. The minimum Gasteiger partial charge on any atom is -0.495 e. The van der Waals surface area contributed by atoms with Gasteiger partial charge >= 0.3 is 5.97 Å². The van der Waals surface area contributed by atoms with Crippen molar-refractivity contribution in [1.82, 2.24) is 4.98 Å². The highest BCUT2D eigenvalue weighted by Gasteiger charge is 2.26. The van der Waals surface area contributed by atoms with E-state index in [-0.39, 0.29) is 11.3 Å². The molecule has 7 heteroatoms. The van der Waals surface area contributed by atoms with E-state index in [0.717, 1.165) is 13.3 Å². The molecule has 0 saturated heterocycles. The molecule has 0 saturated carbocycles. The summed E-state index contributed by atoms with van der Waals surface area (Å²) < 4.78 is 34.8. The monoisotopic (exact) mass is 295 g/mol. The van der Waals surface area contributed by atoms with E-state index in [4.69, 9.17) is 4.74 Å². The Morgan fingerprint density at radius 2 is 2.12 bits per heavy atom. The molecule has 1 heterocycles. The molecule has 16 heavy (non-hydrogen) atoms. The zero-order valence-electron chi connectivity index (χ0n) is 8.46. The second-order valence-electron chi connectivity index (χ2n) is 2.69. The molecule has 4 nitrogen and oxygen atoms in total. The van der Waals surface area contributed by atoms with Crippen molar-refractivity contribution in [2.24, 2.45) is 0 Å². The van der Waals surface area contributed by atoms with Gasteiger partial charge in [-0.2, -0.15) is 0 Å². The second-order valence-corrected chi connectivity index (χ2v) is 3.55. The van der Waals surface area contributed by atoms with Crippen LogP contribution in [0.25, 0.3) is 0 Å². The summed E-state index contributed by atoms with van der Waals surface area (Å²) in [6.07, 6.45) is -1.73. The predicted octanol–water partition coefficient (Wildman–Crippen LogP) is 2.58. The Labute approximate surface area is 98.7 Å². The summed E-state index contributed by atoms with van der Waals surface area (Å²) in [4.78, 5) is 14.9. The van der Waals surface area contributed by atoms with Gasteiger partial charge in [-0.25, -0.2) is 13.6 Å². The molecule has 0 aliphatic carbocycles. The van der Waals surface area contributed by atoms with E-state index >= 15 is 0 Å². The van der Waals surface area contributed by atoms with Crippen LogP contribution in [0.4, 0.5) is 8.78 Å². The molecule has 0 unspecified atom stereocenters. The Morgan fingerprint density at radius 3 is 2.56 bits per heavy atom. The number of carbonyl (C=O) groups is 1. The lowest BCUT2D eigenvalue weighted by atomic mass is 10.2. The third-order valence-electron chi connectivity index (χ3n) is 1.82. The zero-order valence-corrected chi connectivity index (χ0v) is 10.0. The Morgan fingerprint density at radius 1 is 1.50 bits per heavy atom. The van der Waals surface area contributed by atoms with Gasteiger partial charge in [0.25, 0.3) is 6.43 Å². The number of nitrogens with zero attached hydrogens (tertiary/aromatic N) is 1. The molecular formula is C9H8BrF2NO3. The first-order valence-electron chi connectivity index (χ1n) is 4.11. The Hall–Kier alpha value is -1.24. The van der Waals surface area contributed by atoms with E-state index in [1.165, 1.54) is 7.11 Å². The molecule has 0 aliphatic heterocycles. The lowest BCUT2D eigenvalue weighted by molar-refractivity contribution is 0.0582. The number of halogens is 3. The molecule has 1 aromatic rings. The molecule has 0 amide bonds. The van der Waals surface area contributed by atoms with Crippen LogP contribution in [0, 0.1) is 0 Å². The molecule has 0 atom stereocenters. The fourth-order valence-corrected chi connectivity index (χ4v) is 1.61. The summed E-state index contributed by atoms with van der Waals surface area (Å²) in [6.45, 7) is 0. The summed E-state index contributed by atoms with van der Waals surface area (Å²) in [5.41, 5.74) is -1.03. The maximum atomic E-state index is 12.6. The van der Waals surface area contributed by atoms with Gasteiger partial charge in [0.1, 0.15) is 11.3 Å². The lowest BCUT2D eigenvalue weighted by Crippen LogP contribution is -2.10. The van der Waals surface area contributed by atoms with Gasteiger partial charge in [-0.15, -0.1) is 0 Å². The number of alkyl halides is 2. The number of hydrogen-bond donors (Lipinski definition) is 0. The topological polar surface area (TPSA) is 48.4 Å². The van der Waals surface area contributed by atoms with Gasteiger partial charge in [-0.1, -0.05) is 0 Å². The van der Waals surface area contributed by atoms with E-state index in [1.807, 2.05) is 0 Å². The number of aromatic nitrogens is 1. The number of pyridine rings is 1. The minimum atomic E-state index is -2.88. The number of rotatable bonds is 3. The molecule has 0 N–H and O–H groups in total. The van der Waals surface area contributed by atoms with E-state index in [9.17, 15) is 13.6 Å². The molecule has 1 aromatic heterocycles. The van der Waals surface area contributed by atoms with Crippen LogP contribution in [0.5, 0.6) is 5.75 Å². The zero-order chi connectivity index (χ0) is 12.3. The fourth-order valence-electron chi connectivity index (χ4n) is 1.15. The molecular weight excluding hydrogens is 288 g/mol. The minimum absolute atomic E-state index is 0.0165. The number of esters is 1. The van der Waals surface area contributed by atoms with Crippen LogP contribution < -0.4 is 4.74 Å². The van der Waals surface area contributed by atoms with Crippen molar-refractivity contribution < 1.29 is 23.0 Å². The normalized spacial score (nSPS) is 10.4. The number of hydrogen-bond acceptors (Lipinski definition) is 4. The van der Waals surface area contributed by atoms with Crippen molar-refractivity contribution in [3.05, 3.63) is 21.9 Å². The maximum absolute atomic E-state index is 12.6. The van der Waals surface area contributed by atoms with Gasteiger partial charge in [0, 0.05) is 6.20 Å². The third-order valence-corrected chi connectivity index (χ3v) is 2.38. The smallest absolute Gasteiger partial charge is 0.343 e. The van der Waals surface area contributed by atoms with Gasteiger partial charge in [0.2, 0.25) is 0 Å². The van der Waals surface area contributed by atoms with Crippen molar-refractivity contribution >= 4 is 21.9 Å². The highest BCUT2D eigenvalue weighted by molar-refractivity contribution is 9.10.